The van der Waals surface area contributed by atoms with Crippen LogP contribution in [0.3, 0.4) is 0 Å². The molecule has 0 radical (unpaired) electrons. The molecule has 0 aliphatic carbocycles. The summed E-state index contributed by atoms with van der Waals surface area (Å²) in [6.45, 7) is 8.43. The Kier molecular flexibility index (Phi) is 5.58. The molecule has 0 atom stereocenters. The standard InChI is InChI=1S/C16H24N4OS/c1-2-5-15-17-16(21-18-15)13-20-8-4-7-19(9-10-20)12-14-6-3-11-22-14/h3,6,11H,2,4-5,7-10,12-13H2,1H3. The summed E-state index contributed by atoms with van der Waals surface area (Å²) in [5, 5.41) is 6.19. The van der Waals surface area contributed by atoms with Crippen LogP contribution in [0.15, 0.2) is 22.0 Å². The van der Waals surface area contributed by atoms with E-state index < -0.39 is 0 Å². The Morgan fingerprint density at radius 1 is 1.18 bits per heavy atom. The highest BCUT2D eigenvalue weighted by molar-refractivity contribution is 7.09. The van der Waals surface area contributed by atoms with E-state index in [4.69, 9.17) is 4.52 Å². The molecule has 0 aromatic carbocycles. The fourth-order valence-corrected chi connectivity index (χ4v) is 3.58. The maximum Gasteiger partial charge on any atom is 0.240 e. The molecule has 0 unspecified atom stereocenters. The molecule has 3 heterocycles. The molecular formula is C16H24N4OS. The van der Waals surface area contributed by atoms with E-state index in [9.17, 15) is 0 Å². The highest BCUT2D eigenvalue weighted by Gasteiger charge is 2.17. The van der Waals surface area contributed by atoms with Crippen molar-refractivity contribution in [3.8, 4) is 0 Å². The Morgan fingerprint density at radius 2 is 2.00 bits per heavy atom. The van der Waals surface area contributed by atoms with Gasteiger partial charge in [0.25, 0.3) is 0 Å². The maximum atomic E-state index is 5.36. The predicted octanol–water partition coefficient (Wildman–Crippen LogP) is 2.79. The largest absolute Gasteiger partial charge is 0.338 e. The van der Waals surface area contributed by atoms with Gasteiger partial charge in [0.1, 0.15) is 0 Å². The number of rotatable bonds is 6. The van der Waals surface area contributed by atoms with E-state index in [0.717, 1.165) is 57.3 Å². The van der Waals surface area contributed by atoms with Gasteiger partial charge in [0.2, 0.25) is 5.89 Å². The van der Waals surface area contributed by atoms with Crippen molar-refractivity contribution in [2.45, 2.75) is 39.3 Å². The lowest BCUT2D eigenvalue weighted by Crippen LogP contribution is -2.30. The van der Waals surface area contributed by atoms with Crippen LogP contribution in [0.2, 0.25) is 0 Å². The van der Waals surface area contributed by atoms with Gasteiger partial charge in [-0.1, -0.05) is 18.1 Å². The van der Waals surface area contributed by atoms with Crippen molar-refractivity contribution in [3.05, 3.63) is 34.1 Å². The molecule has 5 nitrogen and oxygen atoms in total. The van der Waals surface area contributed by atoms with Crippen LogP contribution >= 0.6 is 11.3 Å². The van der Waals surface area contributed by atoms with E-state index in [1.54, 1.807) is 0 Å². The van der Waals surface area contributed by atoms with Crippen molar-refractivity contribution in [1.82, 2.24) is 19.9 Å². The van der Waals surface area contributed by atoms with Crippen LogP contribution in [0.4, 0.5) is 0 Å². The molecule has 120 valence electrons. The Bertz CT molecular complexity index is 554. The lowest BCUT2D eigenvalue weighted by molar-refractivity contribution is 0.222. The van der Waals surface area contributed by atoms with Gasteiger partial charge in [0.15, 0.2) is 5.82 Å². The Balaban J connectivity index is 1.49. The Labute approximate surface area is 135 Å². The molecule has 22 heavy (non-hydrogen) atoms. The number of aryl methyl sites for hydroxylation is 1. The molecule has 6 heteroatoms. The summed E-state index contributed by atoms with van der Waals surface area (Å²) in [4.78, 5) is 10.9. The lowest BCUT2D eigenvalue weighted by atomic mass is 10.3. The third-order valence-electron chi connectivity index (χ3n) is 3.98. The summed E-state index contributed by atoms with van der Waals surface area (Å²) in [5.74, 6) is 1.60. The predicted molar refractivity (Wildman–Crippen MR) is 87.8 cm³/mol. The molecule has 0 saturated carbocycles. The van der Waals surface area contributed by atoms with Gasteiger partial charge in [-0.25, -0.2) is 0 Å². The number of thiophene rings is 1. The van der Waals surface area contributed by atoms with Crippen molar-refractivity contribution in [1.29, 1.82) is 0 Å². The lowest BCUT2D eigenvalue weighted by Gasteiger charge is -2.20. The monoisotopic (exact) mass is 320 g/mol. The van der Waals surface area contributed by atoms with Crippen molar-refractivity contribution in [2.75, 3.05) is 26.2 Å². The summed E-state index contributed by atoms with van der Waals surface area (Å²) in [7, 11) is 0. The minimum Gasteiger partial charge on any atom is -0.338 e. The summed E-state index contributed by atoms with van der Waals surface area (Å²) < 4.78 is 5.36. The molecule has 1 aliphatic rings. The zero-order valence-electron chi connectivity index (χ0n) is 13.2. The van der Waals surface area contributed by atoms with Crippen LogP contribution in [0, 0.1) is 0 Å². The van der Waals surface area contributed by atoms with E-state index in [-0.39, 0.29) is 0 Å². The van der Waals surface area contributed by atoms with Crippen molar-refractivity contribution in [3.63, 3.8) is 0 Å². The van der Waals surface area contributed by atoms with Gasteiger partial charge in [-0.15, -0.1) is 11.3 Å². The first-order chi connectivity index (χ1) is 10.8. The van der Waals surface area contributed by atoms with Gasteiger partial charge in [0.05, 0.1) is 6.54 Å². The van der Waals surface area contributed by atoms with Gasteiger partial charge in [-0.2, -0.15) is 4.98 Å². The van der Waals surface area contributed by atoms with E-state index in [1.165, 1.54) is 17.8 Å². The van der Waals surface area contributed by atoms with Crippen LogP contribution in [0.5, 0.6) is 0 Å². The smallest absolute Gasteiger partial charge is 0.240 e. The SMILES string of the molecule is CCCc1noc(CN2CCCN(Cc3cccs3)CC2)n1. The molecule has 1 aliphatic heterocycles. The Morgan fingerprint density at radius 3 is 2.73 bits per heavy atom. The minimum atomic E-state index is 0.759. The molecular weight excluding hydrogens is 296 g/mol. The quantitative estimate of drug-likeness (QED) is 0.819. The second-order valence-electron chi connectivity index (χ2n) is 5.84. The second-order valence-corrected chi connectivity index (χ2v) is 6.87. The number of nitrogens with zero attached hydrogens (tertiary/aromatic N) is 4. The van der Waals surface area contributed by atoms with Gasteiger partial charge in [-0.05, 0) is 37.4 Å². The molecule has 3 rings (SSSR count). The van der Waals surface area contributed by atoms with Crippen LogP contribution in [0.25, 0.3) is 0 Å². The van der Waals surface area contributed by atoms with Crippen LogP contribution in [0.1, 0.15) is 36.4 Å². The van der Waals surface area contributed by atoms with E-state index in [1.807, 2.05) is 11.3 Å². The minimum absolute atomic E-state index is 0.759. The van der Waals surface area contributed by atoms with E-state index in [2.05, 4.69) is 44.4 Å². The highest BCUT2D eigenvalue weighted by Crippen LogP contribution is 2.14. The first-order valence-corrected chi connectivity index (χ1v) is 9.00. The van der Waals surface area contributed by atoms with E-state index in [0.29, 0.717) is 0 Å². The maximum absolute atomic E-state index is 5.36. The van der Waals surface area contributed by atoms with Gasteiger partial charge in [-0.3, -0.25) is 9.80 Å². The fourth-order valence-electron chi connectivity index (χ4n) is 2.83. The number of hydrogen-bond acceptors (Lipinski definition) is 6. The average molecular weight is 320 g/mol. The normalized spacial score (nSPS) is 17.7. The molecule has 0 amide bonds. The van der Waals surface area contributed by atoms with Gasteiger partial charge >= 0.3 is 0 Å². The molecule has 2 aromatic heterocycles. The third-order valence-corrected chi connectivity index (χ3v) is 4.84. The molecule has 1 fully saturated rings. The van der Waals surface area contributed by atoms with Gasteiger partial charge in [0, 0.05) is 30.9 Å². The topological polar surface area (TPSA) is 45.4 Å². The first kappa shape index (κ1) is 15.6. The van der Waals surface area contributed by atoms with Crippen LogP contribution in [-0.4, -0.2) is 46.1 Å². The first-order valence-electron chi connectivity index (χ1n) is 8.12. The highest BCUT2D eigenvalue weighted by atomic mass is 32.1. The van der Waals surface area contributed by atoms with Crippen LogP contribution < -0.4 is 0 Å². The zero-order valence-corrected chi connectivity index (χ0v) is 14.0. The average Bonchev–Trinajstić information content (AvgIpc) is 3.11. The molecule has 1 saturated heterocycles. The van der Waals surface area contributed by atoms with Crippen LogP contribution in [-0.2, 0) is 19.5 Å². The zero-order chi connectivity index (χ0) is 15.2. The van der Waals surface area contributed by atoms with Crippen molar-refractivity contribution in [2.24, 2.45) is 0 Å². The van der Waals surface area contributed by atoms with Crippen molar-refractivity contribution >= 4 is 11.3 Å². The van der Waals surface area contributed by atoms with Gasteiger partial charge < -0.3 is 4.52 Å². The Hall–Kier alpha value is -1.24. The molecule has 0 bridgehead atoms. The summed E-state index contributed by atoms with van der Waals surface area (Å²) in [5.41, 5.74) is 0. The van der Waals surface area contributed by atoms with E-state index >= 15 is 0 Å². The fraction of sp³-hybridized carbons (Fsp3) is 0.625. The number of hydrogen-bond donors (Lipinski definition) is 0. The summed E-state index contributed by atoms with van der Waals surface area (Å²) in [6, 6.07) is 4.36. The molecule has 0 N–H and O–H groups in total. The summed E-state index contributed by atoms with van der Waals surface area (Å²) >= 11 is 1.85. The molecule has 0 spiro atoms. The molecule has 2 aromatic rings. The number of aromatic nitrogens is 2. The summed E-state index contributed by atoms with van der Waals surface area (Å²) in [6.07, 6.45) is 3.15. The third kappa shape index (κ3) is 4.38. The van der Waals surface area contributed by atoms with Crippen molar-refractivity contribution < 1.29 is 4.52 Å². The second kappa shape index (κ2) is 7.85.